The molecular formula is C11H7BrN2O2. The van der Waals surface area contributed by atoms with Gasteiger partial charge < -0.3 is 0 Å². The number of hydrogen-bond acceptors (Lipinski definition) is 3. The third kappa shape index (κ3) is 2.09. The van der Waals surface area contributed by atoms with Crippen molar-refractivity contribution >= 4 is 21.6 Å². The average molecular weight is 279 g/mol. The molecule has 0 atom stereocenters. The van der Waals surface area contributed by atoms with Gasteiger partial charge in [-0.05, 0) is 23.8 Å². The summed E-state index contributed by atoms with van der Waals surface area (Å²) in [5.74, 6) is 0. The first-order valence-electron chi connectivity index (χ1n) is 4.53. The lowest BCUT2D eigenvalue weighted by molar-refractivity contribution is -0.384. The smallest absolute Gasteiger partial charge is 0.258 e. The van der Waals surface area contributed by atoms with Crippen molar-refractivity contribution in [2.75, 3.05) is 0 Å². The van der Waals surface area contributed by atoms with Crippen LogP contribution in [0.1, 0.15) is 0 Å². The lowest BCUT2D eigenvalue weighted by Gasteiger charge is -2.02. The summed E-state index contributed by atoms with van der Waals surface area (Å²) < 4.78 is 0.938. The van der Waals surface area contributed by atoms with Crippen molar-refractivity contribution < 1.29 is 4.92 Å². The highest BCUT2D eigenvalue weighted by Crippen LogP contribution is 2.29. The number of hydrogen-bond donors (Lipinski definition) is 0. The maximum atomic E-state index is 10.8. The fourth-order valence-corrected chi connectivity index (χ4v) is 1.67. The third-order valence-corrected chi connectivity index (χ3v) is 2.68. The second-order valence-electron chi connectivity index (χ2n) is 3.16. The van der Waals surface area contributed by atoms with Gasteiger partial charge in [-0.25, -0.2) is 0 Å². The Bertz CT molecular complexity index is 526. The minimum absolute atomic E-state index is 0.0184. The van der Waals surface area contributed by atoms with Crippen molar-refractivity contribution in [3.8, 4) is 11.1 Å². The topological polar surface area (TPSA) is 56.0 Å². The Morgan fingerprint density at radius 1 is 1.19 bits per heavy atom. The highest BCUT2D eigenvalue weighted by Gasteiger charge is 2.14. The SMILES string of the molecule is O=[N+]([O-])c1cnccc1-c1ccc(Br)cc1. The molecule has 5 heteroatoms. The van der Waals surface area contributed by atoms with E-state index in [1.807, 2.05) is 24.3 Å². The first kappa shape index (κ1) is 10.8. The van der Waals surface area contributed by atoms with Crippen molar-refractivity contribution in [3.05, 3.63) is 57.3 Å². The van der Waals surface area contributed by atoms with Gasteiger partial charge in [-0.3, -0.25) is 15.1 Å². The molecule has 0 aliphatic carbocycles. The van der Waals surface area contributed by atoms with E-state index in [0.717, 1.165) is 10.0 Å². The summed E-state index contributed by atoms with van der Waals surface area (Å²) in [6.07, 6.45) is 2.81. The molecule has 0 spiro atoms. The van der Waals surface area contributed by atoms with E-state index in [2.05, 4.69) is 20.9 Å². The largest absolute Gasteiger partial charge is 0.295 e. The molecule has 0 bridgehead atoms. The van der Waals surface area contributed by atoms with E-state index in [9.17, 15) is 10.1 Å². The van der Waals surface area contributed by atoms with Gasteiger partial charge in [0.15, 0.2) is 0 Å². The first-order chi connectivity index (χ1) is 7.68. The predicted molar refractivity (Wildman–Crippen MR) is 64.0 cm³/mol. The van der Waals surface area contributed by atoms with Crippen LogP contribution < -0.4 is 0 Å². The molecule has 0 N–H and O–H groups in total. The van der Waals surface area contributed by atoms with Crippen molar-refractivity contribution in [1.82, 2.24) is 4.98 Å². The molecule has 16 heavy (non-hydrogen) atoms. The molecule has 4 nitrogen and oxygen atoms in total. The third-order valence-electron chi connectivity index (χ3n) is 2.15. The van der Waals surface area contributed by atoms with Gasteiger partial charge in [0.1, 0.15) is 6.20 Å². The average Bonchev–Trinajstić information content (AvgIpc) is 2.30. The summed E-state index contributed by atoms with van der Waals surface area (Å²) in [7, 11) is 0. The van der Waals surface area contributed by atoms with Gasteiger partial charge in [-0.2, -0.15) is 0 Å². The van der Waals surface area contributed by atoms with E-state index in [1.165, 1.54) is 6.20 Å². The summed E-state index contributed by atoms with van der Waals surface area (Å²) in [5, 5.41) is 10.8. The number of rotatable bonds is 2. The van der Waals surface area contributed by atoms with Crippen LogP contribution in [0.15, 0.2) is 47.2 Å². The predicted octanol–water partition coefficient (Wildman–Crippen LogP) is 3.42. The number of pyridine rings is 1. The molecule has 80 valence electrons. The van der Waals surface area contributed by atoms with E-state index < -0.39 is 4.92 Å². The highest BCUT2D eigenvalue weighted by atomic mass is 79.9. The van der Waals surface area contributed by atoms with Crippen LogP contribution in [0.2, 0.25) is 0 Å². The van der Waals surface area contributed by atoms with Crippen molar-refractivity contribution in [1.29, 1.82) is 0 Å². The Hall–Kier alpha value is -1.75. The Morgan fingerprint density at radius 2 is 1.88 bits per heavy atom. The summed E-state index contributed by atoms with van der Waals surface area (Å²) in [6, 6.07) is 8.99. The van der Waals surface area contributed by atoms with Crippen LogP contribution in [-0.4, -0.2) is 9.91 Å². The van der Waals surface area contributed by atoms with Crippen molar-refractivity contribution in [2.24, 2.45) is 0 Å². The van der Waals surface area contributed by atoms with E-state index in [0.29, 0.717) is 5.56 Å². The van der Waals surface area contributed by atoms with E-state index in [-0.39, 0.29) is 5.69 Å². The standard InChI is InChI=1S/C11H7BrN2O2/c12-9-3-1-8(2-4-9)10-5-6-13-7-11(10)14(15)16/h1-7H. The zero-order valence-corrected chi connectivity index (χ0v) is 9.72. The lowest BCUT2D eigenvalue weighted by atomic mass is 10.1. The molecule has 0 radical (unpaired) electrons. The molecule has 1 aromatic heterocycles. The Balaban J connectivity index is 2.55. The molecule has 2 aromatic rings. The maximum absolute atomic E-state index is 10.8. The fourth-order valence-electron chi connectivity index (χ4n) is 1.41. The van der Waals surface area contributed by atoms with Gasteiger partial charge in [-0.1, -0.05) is 28.1 Å². The van der Waals surface area contributed by atoms with Crippen molar-refractivity contribution in [2.45, 2.75) is 0 Å². The molecule has 0 aliphatic rings. The van der Waals surface area contributed by atoms with E-state index >= 15 is 0 Å². The minimum atomic E-state index is -0.426. The van der Waals surface area contributed by atoms with Crippen LogP contribution in [0.4, 0.5) is 5.69 Å². The molecule has 2 rings (SSSR count). The second kappa shape index (κ2) is 4.40. The second-order valence-corrected chi connectivity index (χ2v) is 4.07. The zero-order chi connectivity index (χ0) is 11.5. The van der Waals surface area contributed by atoms with Crippen LogP contribution in [0.25, 0.3) is 11.1 Å². The molecule has 0 unspecified atom stereocenters. The molecule has 1 aromatic carbocycles. The Morgan fingerprint density at radius 3 is 2.50 bits per heavy atom. The Labute approximate surface area is 100 Å². The quantitative estimate of drug-likeness (QED) is 0.625. The van der Waals surface area contributed by atoms with Crippen LogP contribution in [-0.2, 0) is 0 Å². The molecular weight excluding hydrogens is 272 g/mol. The van der Waals surface area contributed by atoms with Crippen LogP contribution >= 0.6 is 15.9 Å². The lowest BCUT2D eigenvalue weighted by Crippen LogP contribution is -1.92. The number of nitrogens with zero attached hydrogens (tertiary/aromatic N) is 2. The number of halogens is 1. The fraction of sp³-hybridized carbons (Fsp3) is 0. The van der Waals surface area contributed by atoms with Crippen LogP contribution in [0, 0.1) is 10.1 Å². The number of aromatic nitrogens is 1. The minimum Gasteiger partial charge on any atom is -0.258 e. The number of nitro groups is 1. The highest BCUT2D eigenvalue weighted by molar-refractivity contribution is 9.10. The molecule has 0 amide bonds. The summed E-state index contributed by atoms with van der Waals surface area (Å²) in [5.41, 5.74) is 1.40. The molecule has 0 fully saturated rings. The van der Waals surface area contributed by atoms with Gasteiger partial charge in [0, 0.05) is 10.7 Å². The maximum Gasteiger partial charge on any atom is 0.295 e. The Kier molecular flexibility index (Phi) is 2.96. The van der Waals surface area contributed by atoms with E-state index in [1.54, 1.807) is 12.3 Å². The molecule has 0 aliphatic heterocycles. The van der Waals surface area contributed by atoms with Gasteiger partial charge in [0.05, 0.1) is 10.5 Å². The summed E-state index contributed by atoms with van der Waals surface area (Å²) in [4.78, 5) is 14.2. The summed E-state index contributed by atoms with van der Waals surface area (Å²) in [6.45, 7) is 0. The van der Waals surface area contributed by atoms with E-state index in [4.69, 9.17) is 0 Å². The monoisotopic (exact) mass is 278 g/mol. The molecule has 1 heterocycles. The van der Waals surface area contributed by atoms with Crippen LogP contribution in [0.3, 0.4) is 0 Å². The van der Waals surface area contributed by atoms with Gasteiger partial charge in [0.2, 0.25) is 0 Å². The summed E-state index contributed by atoms with van der Waals surface area (Å²) >= 11 is 3.32. The molecule has 0 saturated carbocycles. The zero-order valence-electron chi connectivity index (χ0n) is 8.13. The van der Waals surface area contributed by atoms with Gasteiger partial charge >= 0.3 is 0 Å². The van der Waals surface area contributed by atoms with Crippen LogP contribution in [0.5, 0.6) is 0 Å². The van der Waals surface area contributed by atoms with Gasteiger partial charge in [0.25, 0.3) is 5.69 Å². The number of benzene rings is 1. The van der Waals surface area contributed by atoms with Crippen molar-refractivity contribution in [3.63, 3.8) is 0 Å². The first-order valence-corrected chi connectivity index (χ1v) is 5.32. The normalized spacial score (nSPS) is 10.1. The molecule has 0 saturated heterocycles. The van der Waals surface area contributed by atoms with Gasteiger partial charge in [-0.15, -0.1) is 0 Å².